The number of hydrogen-bond acceptors (Lipinski definition) is 5. The molecular formula is C15H23N3O2S. The highest BCUT2D eigenvalue weighted by atomic mass is 32.2. The fraction of sp³-hybridized carbons (Fsp3) is 0.733. The van der Waals surface area contributed by atoms with Crippen molar-refractivity contribution in [1.29, 1.82) is 0 Å². The number of ether oxygens (including phenoxy) is 1. The van der Waals surface area contributed by atoms with Crippen LogP contribution in [0, 0.1) is 0 Å². The van der Waals surface area contributed by atoms with E-state index in [1.807, 2.05) is 42.8 Å². The molecule has 2 aliphatic rings. The molecule has 2 atom stereocenters. The van der Waals surface area contributed by atoms with Crippen LogP contribution in [0.4, 0.5) is 0 Å². The molecule has 0 amide bonds. The number of aromatic nitrogens is 2. The van der Waals surface area contributed by atoms with Gasteiger partial charge >= 0.3 is 5.97 Å². The molecule has 2 fully saturated rings. The smallest absolute Gasteiger partial charge is 0.326 e. The molecule has 1 heterocycles. The first-order valence-corrected chi connectivity index (χ1v) is 8.59. The van der Waals surface area contributed by atoms with E-state index < -0.39 is 5.54 Å². The first kappa shape index (κ1) is 14.9. The Balaban J connectivity index is 1.66. The Morgan fingerprint density at radius 1 is 1.57 bits per heavy atom. The van der Waals surface area contributed by atoms with Gasteiger partial charge in [-0.3, -0.25) is 14.8 Å². The maximum atomic E-state index is 12.4. The summed E-state index contributed by atoms with van der Waals surface area (Å²) in [4.78, 5) is 13.6. The van der Waals surface area contributed by atoms with Crippen LogP contribution in [-0.2, 0) is 16.6 Å². The highest BCUT2D eigenvalue weighted by Crippen LogP contribution is 2.42. The highest BCUT2D eigenvalue weighted by molar-refractivity contribution is 8.00. The van der Waals surface area contributed by atoms with Gasteiger partial charge in [0.25, 0.3) is 0 Å². The van der Waals surface area contributed by atoms with Crippen molar-refractivity contribution in [1.82, 2.24) is 15.1 Å². The molecule has 2 unspecified atom stereocenters. The minimum atomic E-state index is -0.461. The largest absolute Gasteiger partial charge is 0.465 e. The number of nitrogens with one attached hydrogen (secondary N) is 1. The predicted octanol–water partition coefficient (Wildman–Crippen LogP) is 2.12. The zero-order valence-electron chi connectivity index (χ0n) is 12.7. The molecule has 6 heteroatoms. The minimum Gasteiger partial charge on any atom is -0.465 e. The van der Waals surface area contributed by atoms with Gasteiger partial charge in [0.15, 0.2) is 0 Å². The van der Waals surface area contributed by atoms with Crippen molar-refractivity contribution in [3.63, 3.8) is 0 Å². The van der Waals surface area contributed by atoms with Crippen LogP contribution < -0.4 is 5.32 Å². The summed E-state index contributed by atoms with van der Waals surface area (Å²) in [6.45, 7) is 2.33. The third kappa shape index (κ3) is 3.43. The Bertz CT molecular complexity index is 515. The van der Waals surface area contributed by atoms with E-state index in [0.717, 1.165) is 19.3 Å². The molecule has 0 saturated heterocycles. The Hall–Kier alpha value is -1.01. The van der Waals surface area contributed by atoms with Gasteiger partial charge in [0, 0.05) is 29.4 Å². The zero-order valence-corrected chi connectivity index (χ0v) is 13.5. The summed E-state index contributed by atoms with van der Waals surface area (Å²) in [5.74, 6) is -0.0637. The average Bonchev–Trinajstić information content (AvgIpc) is 3.01. The lowest BCUT2D eigenvalue weighted by molar-refractivity contribution is -0.151. The molecule has 0 spiro atoms. The van der Waals surface area contributed by atoms with Crippen LogP contribution in [0.15, 0.2) is 17.3 Å². The van der Waals surface area contributed by atoms with Crippen molar-refractivity contribution in [2.75, 3.05) is 6.61 Å². The molecule has 0 radical (unpaired) electrons. The van der Waals surface area contributed by atoms with Crippen LogP contribution in [0.2, 0.25) is 0 Å². The van der Waals surface area contributed by atoms with E-state index >= 15 is 0 Å². The second-order valence-electron chi connectivity index (χ2n) is 6.05. The molecule has 2 saturated carbocycles. The fourth-order valence-electron chi connectivity index (χ4n) is 3.02. The molecule has 3 rings (SSSR count). The van der Waals surface area contributed by atoms with Crippen molar-refractivity contribution in [3.05, 3.63) is 12.4 Å². The van der Waals surface area contributed by atoms with Crippen LogP contribution in [0.25, 0.3) is 0 Å². The standard InChI is InChI=1S/C15H23N3O2S/c1-3-20-14(19)15(17-11-4-5-11)7-6-12(8-15)21-13-9-16-18(2)10-13/h9-12,17H,3-8H2,1-2H3. The van der Waals surface area contributed by atoms with E-state index in [1.165, 1.54) is 17.7 Å². The van der Waals surface area contributed by atoms with Crippen molar-refractivity contribution in [2.24, 2.45) is 7.05 Å². The van der Waals surface area contributed by atoms with Crippen LogP contribution in [0.3, 0.4) is 0 Å². The number of rotatable bonds is 6. The second-order valence-corrected chi connectivity index (χ2v) is 7.43. The molecule has 0 aliphatic heterocycles. The van der Waals surface area contributed by atoms with Crippen molar-refractivity contribution >= 4 is 17.7 Å². The molecule has 1 N–H and O–H groups in total. The van der Waals surface area contributed by atoms with E-state index in [2.05, 4.69) is 10.4 Å². The Labute approximate surface area is 129 Å². The first-order chi connectivity index (χ1) is 10.1. The summed E-state index contributed by atoms with van der Waals surface area (Å²) in [6, 6.07) is 0.511. The molecule has 1 aromatic rings. The number of aryl methyl sites for hydroxylation is 1. The predicted molar refractivity (Wildman–Crippen MR) is 82.2 cm³/mol. The molecule has 5 nitrogen and oxygen atoms in total. The summed E-state index contributed by atoms with van der Waals surface area (Å²) < 4.78 is 7.15. The second kappa shape index (κ2) is 6.01. The van der Waals surface area contributed by atoms with Crippen LogP contribution in [0.5, 0.6) is 0 Å². The lowest BCUT2D eigenvalue weighted by atomic mass is 9.97. The maximum Gasteiger partial charge on any atom is 0.326 e. The van der Waals surface area contributed by atoms with Gasteiger partial charge in [-0.15, -0.1) is 11.8 Å². The third-order valence-electron chi connectivity index (χ3n) is 4.18. The van der Waals surface area contributed by atoms with Crippen LogP contribution >= 0.6 is 11.8 Å². The highest BCUT2D eigenvalue weighted by Gasteiger charge is 2.49. The van der Waals surface area contributed by atoms with Gasteiger partial charge < -0.3 is 4.74 Å². The Morgan fingerprint density at radius 2 is 2.38 bits per heavy atom. The van der Waals surface area contributed by atoms with Gasteiger partial charge in [-0.1, -0.05) is 0 Å². The lowest BCUT2D eigenvalue weighted by Gasteiger charge is -2.28. The SMILES string of the molecule is CCOC(=O)C1(NC2CC2)CCC(Sc2cnn(C)c2)C1. The normalized spacial score (nSPS) is 28.8. The van der Waals surface area contributed by atoms with Gasteiger partial charge in [-0.05, 0) is 39.0 Å². The number of hydrogen-bond donors (Lipinski definition) is 1. The van der Waals surface area contributed by atoms with Gasteiger partial charge in [-0.25, -0.2) is 0 Å². The maximum absolute atomic E-state index is 12.4. The Morgan fingerprint density at radius 3 is 3.00 bits per heavy atom. The van der Waals surface area contributed by atoms with E-state index in [1.54, 1.807) is 0 Å². The monoisotopic (exact) mass is 309 g/mol. The number of nitrogens with zero attached hydrogens (tertiary/aromatic N) is 2. The minimum absolute atomic E-state index is 0.0637. The number of carbonyl (C=O) groups excluding carboxylic acids is 1. The van der Waals surface area contributed by atoms with Gasteiger partial charge in [0.1, 0.15) is 5.54 Å². The summed E-state index contributed by atoms with van der Waals surface area (Å²) in [5, 5.41) is 8.22. The summed E-state index contributed by atoms with van der Waals surface area (Å²) in [7, 11) is 1.93. The van der Waals surface area contributed by atoms with Crippen molar-refractivity contribution in [2.45, 2.75) is 60.8 Å². The molecule has 1 aromatic heterocycles. The molecular weight excluding hydrogens is 286 g/mol. The molecule has 0 bridgehead atoms. The quantitative estimate of drug-likeness (QED) is 0.816. The van der Waals surface area contributed by atoms with Crippen LogP contribution in [0.1, 0.15) is 39.0 Å². The summed E-state index contributed by atoms with van der Waals surface area (Å²) in [5.41, 5.74) is -0.461. The first-order valence-electron chi connectivity index (χ1n) is 7.71. The number of esters is 1. The third-order valence-corrected chi connectivity index (χ3v) is 5.40. The van der Waals surface area contributed by atoms with Gasteiger partial charge in [0.2, 0.25) is 0 Å². The average molecular weight is 309 g/mol. The van der Waals surface area contributed by atoms with Crippen LogP contribution in [-0.4, -0.2) is 39.2 Å². The molecule has 116 valence electrons. The Kier molecular flexibility index (Phi) is 4.26. The fourth-order valence-corrected chi connectivity index (χ4v) is 4.33. The van der Waals surface area contributed by atoms with E-state index in [0.29, 0.717) is 17.9 Å². The number of carbonyl (C=O) groups is 1. The van der Waals surface area contributed by atoms with E-state index in [-0.39, 0.29) is 5.97 Å². The van der Waals surface area contributed by atoms with Gasteiger partial charge in [-0.2, -0.15) is 5.10 Å². The topological polar surface area (TPSA) is 56.1 Å². The van der Waals surface area contributed by atoms with Gasteiger partial charge in [0.05, 0.1) is 12.8 Å². The molecule has 21 heavy (non-hydrogen) atoms. The van der Waals surface area contributed by atoms with E-state index in [4.69, 9.17) is 4.74 Å². The molecule has 0 aromatic carbocycles. The summed E-state index contributed by atoms with van der Waals surface area (Å²) in [6.07, 6.45) is 9.05. The summed E-state index contributed by atoms with van der Waals surface area (Å²) >= 11 is 1.83. The van der Waals surface area contributed by atoms with Crippen molar-refractivity contribution < 1.29 is 9.53 Å². The zero-order chi connectivity index (χ0) is 14.9. The van der Waals surface area contributed by atoms with E-state index in [9.17, 15) is 4.79 Å². The molecule has 2 aliphatic carbocycles. The van der Waals surface area contributed by atoms with Crippen molar-refractivity contribution in [3.8, 4) is 0 Å². The lowest BCUT2D eigenvalue weighted by Crippen LogP contribution is -2.52. The number of thioether (sulfide) groups is 1.